The van der Waals surface area contributed by atoms with E-state index in [0.717, 1.165) is 30.8 Å². The van der Waals surface area contributed by atoms with E-state index >= 15 is 0 Å². The molecule has 1 aromatic rings. The molecule has 0 saturated carbocycles. The number of likely N-dealkylation sites (N-methyl/N-ethyl adjacent to an activating group) is 1. The lowest BCUT2D eigenvalue weighted by molar-refractivity contribution is 0.100. The molecule has 1 saturated heterocycles. The zero-order valence-electron chi connectivity index (χ0n) is 11.1. The molecule has 0 radical (unpaired) electrons. The van der Waals surface area contributed by atoms with Gasteiger partial charge in [0, 0.05) is 24.8 Å². The summed E-state index contributed by atoms with van der Waals surface area (Å²) in [6.45, 7) is 3.95. The lowest BCUT2D eigenvalue weighted by atomic mass is 10.0. The number of rotatable bonds is 3. The van der Waals surface area contributed by atoms with Gasteiger partial charge in [-0.15, -0.1) is 0 Å². The van der Waals surface area contributed by atoms with E-state index in [-0.39, 0.29) is 5.91 Å². The van der Waals surface area contributed by atoms with Crippen LogP contribution in [0.3, 0.4) is 0 Å². The monoisotopic (exact) mass is 247 g/mol. The molecule has 98 valence electrons. The number of primary amides is 1. The van der Waals surface area contributed by atoms with E-state index in [0.29, 0.717) is 11.6 Å². The second kappa shape index (κ2) is 5.40. The fourth-order valence-corrected chi connectivity index (χ4v) is 2.54. The summed E-state index contributed by atoms with van der Waals surface area (Å²) >= 11 is 0. The number of hydrogen-bond acceptors (Lipinski definition) is 3. The molecule has 0 bridgehead atoms. The summed E-state index contributed by atoms with van der Waals surface area (Å²) in [5.41, 5.74) is 8.21. The van der Waals surface area contributed by atoms with E-state index in [4.69, 9.17) is 5.73 Å². The molecular weight excluding hydrogens is 226 g/mol. The minimum Gasteiger partial charge on any atom is -0.369 e. The van der Waals surface area contributed by atoms with E-state index < -0.39 is 0 Å². The number of carbonyl (C=O) groups is 1. The van der Waals surface area contributed by atoms with Crippen LogP contribution in [0, 0.1) is 6.92 Å². The topological polar surface area (TPSA) is 58.4 Å². The van der Waals surface area contributed by atoms with Crippen LogP contribution in [-0.2, 0) is 0 Å². The number of nitrogens with two attached hydrogens (primary N) is 1. The fourth-order valence-electron chi connectivity index (χ4n) is 2.54. The third-order valence-corrected chi connectivity index (χ3v) is 3.59. The quantitative estimate of drug-likeness (QED) is 0.846. The molecule has 18 heavy (non-hydrogen) atoms. The average Bonchev–Trinajstić information content (AvgIpc) is 2.38. The van der Waals surface area contributed by atoms with E-state index in [1.54, 1.807) is 0 Å². The molecule has 1 amide bonds. The van der Waals surface area contributed by atoms with Gasteiger partial charge in [0.25, 0.3) is 5.91 Å². The Morgan fingerprint density at radius 1 is 1.50 bits per heavy atom. The third kappa shape index (κ3) is 2.64. The van der Waals surface area contributed by atoms with Crippen molar-refractivity contribution in [2.75, 3.05) is 25.0 Å². The Kier molecular flexibility index (Phi) is 3.87. The van der Waals surface area contributed by atoms with Gasteiger partial charge < -0.3 is 16.0 Å². The predicted molar refractivity (Wildman–Crippen MR) is 74.0 cm³/mol. The highest BCUT2D eigenvalue weighted by atomic mass is 16.1. The summed E-state index contributed by atoms with van der Waals surface area (Å²) in [6.07, 6.45) is 2.32. The van der Waals surface area contributed by atoms with E-state index in [1.165, 1.54) is 6.42 Å². The average molecular weight is 247 g/mol. The molecule has 1 aromatic carbocycles. The third-order valence-electron chi connectivity index (χ3n) is 3.59. The maximum absolute atomic E-state index is 11.5. The molecule has 1 atom stereocenters. The van der Waals surface area contributed by atoms with Gasteiger partial charge in [0.15, 0.2) is 0 Å². The number of benzene rings is 1. The molecule has 0 aliphatic carbocycles. The van der Waals surface area contributed by atoms with Crippen LogP contribution in [0.5, 0.6) is 0 Å². The number of amides is 1. The van der Waals surface area contributed by atoms with Crippen LogP contribution < -0.4 is 16.0 Å². The molecule has 1 heterocycles. The van der Waals surface area contributed by atoms with Crippen LogP contribution in [0.1, 0.15) is 28.8 Å². The second-order valence-electron chi connectivity index (χ2n) is 4.96. The van der Waals surface area contributed by atoms with Crippen molar-refractivity contribution in [3.63, 3.8) is 0 Å². The Morgan fingerprint density at radius 3 is 2.94 bits per heavy atom. The molecule has 3 N–H and O–H groups in total. The van der Waals surface area contributed by atoms with Gasteiger partial charge >= 0.3 is 0 Å². The first-order chi connectivity index (χ1) is 8.61. The molecule has 1 aliphatic heterocycles. The van der Waals surface area contributed by atoms with Gasteiger partial charge in [-0.3, -0.25) is 4.79 Å². The van der Waals surface area contributed by atoms with Gasteiger partial charge in [0.05, 0.1) is 5.56 Å². The fraction of sp³-hybridized carbons (Fsp3) is 0.500. The van der Waals surface area contributed by atoms with Gasteiger partial charge in [-0.05, 0) is 44.5 Å². The number of nitrogens with zero attached hydrogens (tertiary/aromatic N) is 1. The van der Waals surface area contributed by atoms with Gasteiger partial charge in [0.2, 0.25) is 0 Å². The van der Waals surface area contributed by atoms with Gasteiger partial charge in [-0.25, -0.2) is 0 Å². The highest BCUT2D eigenvalue weighted by Gasteiger charge is 2.21. The summed E-state index contributed by atoms with van der Waals surface area (Å²) in [4.78, 5) is 13.8. The van der Waals surface area contributed by atoms with Crippen LogP contribution in [0.2, 0.25) is 0 Å². The maximum Gasteiger partial charge on any atom is 0.250 e. The van der Waals surface area contributed by atoms with Gasteiger partial charge in [0.1, 0.15) is 0 Å². The number of piperidine rings is 1. The number of anilines is 1. The summed E-state index contributed by atoms with van der Waals surface area (Å²) in [5.74, 6) is -0.350. The van der Waals surface area contributed by atoms with E-state index in [2.05, 4.69) is 16.3 Å². The van der Waals surface area contributed by atoms with E-state index in [9.17, 15) is 4.79 Å². The minimum absolute atomic E-state index is 0.350. The Balaban J connectivity index is 2.31. The van der Waals surface area contributed by atoms with Crippen LogP contribution in [0.15, 0.2) is 18.2 Å². The van der Waals surface area contributed by atoms with Crippen molar-refractivity contribution in [1.29, 1.82) is 0 Å². The molecule has 4 heteroatoms. The minimum atomic E-state index is -0.350. The molecule has 1 unspecified atom stereocenters. The summed E-state index contributed by atoms with van der Waals surface area (Å²) < 4.78 is 0. The number of carbonyl (C=O) groups excluding carboxylic acids is 1. The first kappa shape index (κ1) is 12.9. The smallest absolute Gasteiger partial charge is 0.250 e. The Labute approximate surface area is 108 Å². The highest BCUT2D eigenvalue weighted by Crippen LogP contribution is 2.25. The standard InChI is InChI=1S/C14H21N3O/c1-10-5-6-12(14(15)18)13(8-10)17-7-3-4-11(9-17)16-2/h5-6,8,11,16H,3-4,7,9H2,1-2H3,(H2,15,18). The van der Waals surface area contributed by atoms with E-state index in [1.807, 2.05) is 26.1 Å². The van der Waals surface area contributed by atoms with Crippen molar-refractivity contribution >= 4 is 11.6 Å². The summed E-state index contributed by atoms with van der Waals surface area (Å²) in [6, 6.07) is 6.30. The molecule has 0 aromatic heterocycles. The second-order valence-corrected chi connectivity index (χ2v) is 4.96. The number of aryl methyl sites for hydroxylation is 1. The molecular formula is C14H21N3O. The molecule has 4 nitrogen and oxygen atoms in total. The zero-order chi connectivity index (χ0) is 13.1. The molecule has 2 rings (SSSR count). The Morgan fingerprint density at radius 2 is 2.28 bits per heavy atom. The van der Waals surface area contributed by atoms with Crippen molar-refractivity contribution in [2.45, 2.75) is 25.8 Å². The SMILES string of the molecule is CNC1CCCN(c2cc(C)ccc2C(N)=O)C1. The van der Waals surface area contributed by atoms with Crippen molar-refractivity contribution < 1.29 is 4.79 Å². The van der Waals surface area contributed by atoms with Gasteiger partial charge in [-0.2, -0.15) is 0 Å². The number of hydrogen-bond donors (Lipinski definition) is 2. The Hall–Kier alpha value is -1.55. The van der Waals surface area contributed by atoms with Crippen LogP contribution in [0.4, 0.5) is 5.69 Å². The summed E-state index contributed by atoms with van der Waals surface area (Å²) in [5, 5.41) is 3.31. The van der Waals surface area contributed by atoms with Crippen LogP contribution in [0.25, 0.3) is 0 Å². The lowest BCUT2D eigenvalue weighted by Crippen LogP contribution is -2.45. The maximum atomic E-state index is 11.5. The highest BCUT2D eigenvalue weighted by molar-refractivity contribution is 5.98. The number of nitrogens with one attached hydrogen (secondary N) is 1. The normalized spacial score (nSPS) is 19.9. The zero-order valence-corrected chi connectivity index (χ0v) is 11.1. The molecule has 0 spiro atoms. The van der Waals surface area contributed by atoms with Crippen molar-refractivity contribution in [3.05, 3.63) is 29.3 Å². The molecule has 1 aliphatic rings. The first-order valence-electron chi connectivity index (χ1n) is 6.44. The lowest BCUT2D eigenvalue weighted by Gasteiger charge is -2.35. The van der Waals surface area contributed by atoms with Crippen molar-refractivity contribution in [2.24, 2.45) is 5.73 Å². The first-order valence-corrected chi connectivity index (χ1v) is 6.44. The predicted octanol–water partition coefficient (Wildman–Crippen LogP) is 1.28. The molecule has 1 fully saturated rings. The largest absolute Gasteiger partial charge is 0.369 e. The van der Waals surface area contributed by atoms with Crippen LogP contribution in [-0.4, -0.2) is 32.1 Å². The van der Waals surface area contributed by atoms with Crippen molar-refractivity contribution in [3.8, 4) is 0 Å². The van der Waals surface area contributed by atoms with Crippen molar-refractivity contribution in [1.82, 2.24) is 5.32 Å². The van der Waals surface area contributed by atoms with Gasteiger partial charge in [-0.1, -0.05) is 6.07 Å². The Bertz CT molecular complexity index is 445. The van der Waals surface area contributed by atoms with Crippen LogP contribution >= 0.6 is 0 Å². The summed E-state index contributed by atoms with van der Waals surface area (Å²) in [7, 11) is 1.99.